The first-order valence-corrected chi connectivity index (χ1v) is 9.48. The average Bonchev–Trinajstić information content (AvgIpc) is 3.07. The maximum Gasteiger partial charge on any atom is 0.345 e. The number of rotatable bonds is 4. The van der Waals surface area contributed by atoms with Gasteiger partial charge in [-0.1, -0.05) is 6.92 Å². The van der Waals surface area contributed by atoms with Crippen molar-refractivity contribution in [3.8, 4) is 11.3 Å². The molecule has 4 rings (SSSR count). The lowest BCUT2D eigenvalue weighted by molar-refractivity contribution is 0.561. The van der Waals surface area contributed by atoms with Gasteiger partial charge in [-0.15, -0.1) is 0 Å². The van der Waals surface area contributed by atoms with Gasteiger partial charge in [-0.25, -0.2) is 14.2 Å². The number of anilines is 1. The lowest BCUT2D eigenvalue weighted by Gasteiger charge is -2.29. The van der Waals surface area contributed by atoms with Crippen LogP contribution in [0.5, 0.6) is 0 Å². The van der Waals surface area contributed by atoms with Crippen molar-refractivity contribution in [3.05, 3.63) is 52.5 Å². The quantitative estimate of drug-likeness (QED) is 0.702. The van der Waals surface area contributed by atoms with E-state index in [1.807, 2.05) is 18.2 Å². The molecule has 1 aliphatic heterocycles. The summed E-state index contributed by atoms with van der Waals surface area (Å²) in [5.74, 6) is 0.203. The highest BCUT2D eigenvalue weighted by Gasteiger charge is 2.15. The third kappa shape index (κ3) is 3.57. The Bertz CT molecular complexity index is 1090. The second-order valence-corrected chi connectivity index (χ2v) is 6.95. The summed E-state index contributed by atoms with van der Waals surface area (Å²) < 4.78 is 20.9. The molecule has 1 aromatic carbocycles. The Kier molecular flexibility index (Phi) is 5.00. The van der Waals surface area contributed by atoms with Crippen molar-refractivity contribution >= 4 is 22.7 Å². The molecule has 1 aliphatic rings. The van der Waals surface area contributed by atoms with E-state index in [-0.39, 0.29) is 5.83 Å². The number of halogens is 1. The van der Waals surface area contributed by atoms with Gasteiger partial charge in [0.2, 0.25) is 0 Å². The van der Waals surface area contributed by atoms with Gasteiger partial charge >= 0.3 is 5.63 Å². The number of nitrogens with zero attached hydrogens (tertiary/aromatic N) is 3. The van der Waals surface area contributed by atoms with Crippen LogP contribution in [0.3, 0.4) is 0 Å². The number of benzene rings is 1. The Hall–Kier alpha value is -2.93. The highest BCUT2D eigenvalue weighted by atomic mass is 19.1. The maximum absolute atomic E-state index is 13.6. The fraction of sp³-hybridized carbons (Fsp3) is 0.333. The van der Waals surface area contributed by atoms with E-state index in [0.717, 1.165) is 37.3 Å². The molecule has 146 valence electrons. The fourth-order valence-electron chi connectivity index (χ4n) is 3.38. The van der Waals surface area contributed by atoms with Crippen molar-refractivity contribution < 1.29 is 8.81 Å². The lowest BCUT2D eigenvalue weighted by Crippen LogP contribution is -2.43. The molecule has 3 heterocycles. The number of allylic oxidation sites excluding steroid dienone is 1. The molecule has 2 aromatic heterocycles. The van der Waals surface area contributed by atoms with Crippen LogP contribution in [0.1, 0.15) is 19.2 Å². The number of fused-ring (bicyclic) bond motifs is 1. The van der Waals surface area contributed by atoms with Crippen LogP contribution in [-0.4, -0.2) is 35.7 Å². The number of imidazole rings is 1. The Labute approximate surface area is 162 Å². The van der Waals surface area contributed by atoms with Crippen LogP contribution in [0.2, 0.25) is 0 Å². The number of nitrogens with one attached hydrogen (secondary N) is 1. The minimum absolute atomic E-state index is 0.258. The molecule has 0 unspecified atom stereocenters. The van der Waals surface area contributed by atoms with E-state index in [4.69, 9.17) is 4.42 Å². The molecule has 0 aliphatic carbocycles. The smallest absolute Gasteiger partial charge is 0.345 e. The van der Waals surface area contributed by atoms with E-state index in [2.05, 4.69) is 15.2 Å². The van der Waals surface area contributed by atoms with E-state index in [1.54, 1.807) is 30.8 Å². The van der Waals surface area contributed by atoms with Crippen LogP contribution in [0.25, 0.3) is 28.3 Å². The monoisotopic (exact) mass is 382 g/mol. The van der Waals surface area contributed by atoms with Crippen LogP contribution in [-0.2, 0) is 7.05 Å². The molecule has 28 heavy (non-hydrogen) atoms. The lowest BCUT2D eigenvalue weighted by atomic mass is 10.1. The molecule has 1 N–H and O–H groups in total. The summed E-state index contributed by atoms with van der Waals surface area (Å²) in [6, 6.07) is 7.70. The number of hydrogen-bond acceptors (Lipinski definition) is 5. The molecule has 0 bridgehead atoms. The summed E-state index contributed by atoms with van der Waals surface area (Å²) in [4.78, 5) is 19.3. The highest BCUT2D eigenvalue weighted by molar-refractivity contribution is 5.84. The Morgan fingerprint density at radius 2 is 2.11 bits per heavy atom. The molecule has 0 saturated carbocycles. The molecule has 0 spiro atoms. The SMILES string of the molecule is CC/C(F)=C\c1nc(-c2cc3ccc(N4CCNCC4)cc3oc2=O)cn1C. The van der Waals surface area contributed by atoms with Gasteiger partial charge in [0.05, 0.1) is 11.3 Å². The standard InChI is InChI=1S/C21H23FN4O2/c1-3-15(22)11-20-24-18(13-25(20)2)17-10-14-4-5-16(12-19(14)28-21(17)27)26-8-6-23-7-9-26/h4-5,10-13,23H,3,6-9H2,1-2H3/b15-11+. The predicted molar refractivity (Wildman–Crippen MR) is 109 cm³/mol. The zero-order chi connectivity index (χ0) is 19.7. The third-order valence-electron chi connectivity index (χ3n) is 5.01. The first kappa shape index (κ1) is 18.4. The number of aromatic nitrogens is 2. The van der Waals surface area contributed by atoms with Gasteiger partial charge in [-0.3, -0.25) is 0 Å². The Balaban J connectivity index is 1.72. The second kappa shape index (κ2) is 7.59. The van der Waals surface area contributed by atoms with Crippen molar-refractivity contribution in [1.82, 2.24) is 14.9 Å². The van der Waals surface area contributed by atoms with Crippen LogP contribution >= 0.6 is 0 Å². The summed E-state index contributed by atoms with van der Waals surface area (Å²) >= 11 is 0. The van der Waals surface area contributed by atoms with E-state index >= 15 is 0 Å². The van der Waals surface area contributed by atoms with Gasteiger partial charge in [-0.05, 0) is 24.6 Å². The van der Waals surface area contributed by atoms with Gasteiger partial charge in [-0.2, -0.15) is 0 Å². The zero-order valence-electron chi connectivity index (χ0n) is 16.0. The summed E-state index contributed by atoms with van der Waals surface area (Å²) in [5, 5.41) is 4.16. The summed E-state index contributed by atoms with van der Waals surface area (Å²) in [7, 11) is 1.77. The van der Waals surface area contributed by atoms with Crippen molar-refractivity contribution in [2.45, 2.75) is 13.3 Å². The molecule has 1 saturated heterocycles. The second-order valence-electron chi connectivity index (χ2n) is 6.95. The molecule has 6 nitrogen and oxygen atoms in total. The van der Waals surface area contributed by atoms with Gasteiger partial charge in [0.15, 0.2) is 0 Å². The molecule has 0 amide bonds. The van der Waals surface area contributed by atoms with E-state index in [1.165, 1.54) is 6.08 Å². The first-order chi connectivity index (χ1) is 13.5. The first-order valence-electron chi connectivity index (χ1n) is 9.48. The van der Waals surface area contributed by atoms with Gasteiger partial charge in [0.1, 0.15) is 17.2 Å². The summed E-state index contributed by atoms with van der Waals surface area (Å²) in [6.45, 7) is 5.47. The molecular weight excluding hydrogens is 359 g/mol. The van der Waals surface area contributed by atoms with Crippen LogP contribution in [0.15, 0.2) is 45.5 Å². The molecule has 7 heteroatoms. The summed E-state index contributed by atoms with van der Waals surface area (Å²) in [5.41, 5.74) is 1.99. The molecule has 3 aromatic rings. The van der Waals surface area contributed by atoms with Crippen molar-refractivity contribution in [1.29, 1.82) is 0 Å². The van der Waals surface area contributed by atoms with E-state index in [0.29, 0.717) is 29.1 Å². The van der Waals surface area contributed by atoms with Gasteiger partial charge < -0.3 is 19.2 Å². The fourth-order valence-corrected chi connectivity index (χ4v) is 3.38. The minimum atomic E-state index is -0.449. The topological polar surface area (TPSA) is 63.3 Å². The molecule has 0 radical (unpaired) electrons. The molecular formula is C21H23FN4O2. The van der Waals surface area contributed by atoms with Crippen molar-refractivity contribution in [2.24, 2.45) is 7.05 Å². The zero-order valence-corrected chi connectivity index (χ0v) is 16.0. The summed E-state index contributed by atoms with van der Waals surface area (Å²) in [6.07, 6.45) is 3.39. The Morgan fingerprint density at radius 3 is 2.86 bits per heavy atom. The predicted octanol–water partition coefficient (Wildman–Crippen LogP) is 3.32. The molecule has 1 fully saturated rings. The van der Waals surface area contributed by atoms with Crippen LogP contribution in [0.4, 0.5) is 10.1 Å². The van der Waals surface area contributed by atoms with E-state index < -0.39 is 5.63 Å². The van der Waals surface area contributed by atoms with Gasteiger partial charge in [0.25, 0.3) is 0 Å². The largest absolute Gasteiger partial charge is 0.422 e. The van der Waals surface area contributed by atoms with E-state index in [9.17, 15) is 9.18 Å². The maximum atomic E-state index is 13.6. The van der Waals surface area contributed by atoms with Crippen LogP contribution < -0.4 is 15.8 Å². The number of piperazine rings is 1. The number of hydrogen-bond donors (Lipinski definition) is 1. The third-order valence-corrected chi connectivity index (χ3v) is 5.01. The van der Waals surface area contributed by atoms with Crippen molar-refractivity contribution in [3.63, 3.8) is 0 Å². The minimum Gasteiger partial charge on any atom is -0.422 e. The van der Waals surface area contributed by atoms with Crippen LogP contribution in [0, 0.1) is 0 Å². The number of aryl methyl sites for hydroxylation is 1. The highest BCUT2D eigenvalue weighted by Crippen LogP contribution is 2.25. The van der Waals surface area contributed by atoms with Crippen molar-refractivity contribution in [2.75, 3.05) is 31.1 Å². The average molecular weight is 382 g/mol. The Morgan fingerprint density at radius 1 is 1.32 bits per heavy atom. The normalized spacial score (nSPS) is 15.4. The van der Waals surface area contributed by atoms with Gasteiger partial charge in [0, 0.05) is 62.6 Å². The molecule has 0 atom stereocenters.